The van der Waals surface area contributed by atoms with Crippen LogP contribution in [0.5, 0.6) is 0 Å². The number of likely N-dealkylation sites (tertiary alicyclic amines) is 1. The molecule has 132 valence electrons. The maximum Gasteiger partial charge on any atom is 0.239 e. The van der Waals surface area contributed by atoms with Gasteiger partial charge in [0, 0.05) is 38.6 Å². The van der Waals surface area contributed by atoms with E-state index in [2.05, 4.69) is 22.3 Å². The van der Waals surface area contributed by atoms with Crippen LogP contribution in [0.3, 0.4) is 0 Å². The number of rotatable bonds is 7. The largest absolute Gasteiger partial charge is 0.355 e. The fourth-order valence-corrected chi connectivity index (χ4v) is 3.03. The van der Waals surface area contributed by atoms with Gasteiger partial charge in [-0.15, -0.1) is 0 Å². The van der Waals surface area contributed by atoms with Crippen molar-refractivity contribution >= 4 is 11.8 Å². The van der Waals surface area contributed by atoms with Crippen LogP contribution in [0.1, 0.15) is 24.8 Å². The van der Waals surface area contributed by atoms with E-state index in [1.807, 2.05) is 25.1 Å². The van der Waals surface area contributed by atoms with Gasteiger partial charge < -0.3 is 16.0 Å². The van der Waals surface area contributed by atoms with Gasteiger partial charge >= 0.3 is 0 Å². The van der Waals surface area contributed by atoms with Crippen LogP contribution in [-0.2, 0) is 9.59 Å². The van der Waals surface area contributed by atoms with Gasteiger partial charge in [-0.3, -0.25) is 14.5 Å². The Morgan fingerprint density at radius 1 is 1.29 bits per heavy atom. The van der Waals surface area contributed by atoms with Gasteiger partial charge in [0.25, 0.3) is 0 Å². The first kappa shape index (κ1) is 18.4. The molecule has 0 saturated carbocycles. The van der Waals surface area contributed by atoms with Crippen molar-refractivity contribution in [3.8, 4) is 0 Å². The Kier molecular flexibility index (Phi) is 6.75. The van der Waals surface area contributed by atoms with Crippen molar-refractivity contribution in [2.24, 2.45) is 5.73 Å². The van der Waals surface area contributed by atoms with E-state index in [1.54, 1.807) is 7.05 Å². The summed E-state index contributed by atoms with van der Waals surface area (Å²) < 4.78 is 0. The lowest BCUT2D eigenvalue weighted by Crippen LogP contribution is -2.43. The summed E-state index contributed by atoms with van der Waals surface area (Å²) in [5, 5.41) is 2.78. The number of hydrogen-bond acceptors (Lipinski definition) is 4. The SMILES string of the molecule is CCCNC(=O)CN(C)C(=O)CN1C[C@@H](N)[C@H](c2ccccc2)C1. The Bertz CT molecular complexity index is 549. The molecule has 1 aliphatic heterocycles. The van der Waals surface area contributed by atoms with Crippen LogP contribution >= 0.6 is 0 Å². The van der Waals surface area contributed by atoms with E-state index < -0.39 is 0 Å². The molecule has 6 nitrogen and oxygen atoms in total. The number of carbonyl (C=O) groups is 2. The number of benzene rings is 1. The number of nitrogens with zero attached hydrogens (tertiary/aromatic N) is 2. The van der Waals surface area contributed by atoms with Crippen LogP contribution < -0.4 is 11.1 Å². The Morgan fingerprint density at radius 3 is 2.67 bits per heavy atom. The first-order valence-corrected chi connectivity index (χ1v) is 8.54. The molecule has 3 N–H and O–H groups in total. The first-order chi connectivity index (χ1) is 11.5. The van der Waals surface area contributed by atoms with Crippen molar-refractivity contribution in [1.82, 2.24) is 15.1 Å². The van der Waals surface area contributed by atoms with Gasteiger partial charge in [0.05, 0.1) is 13.1 Å². The van der Waals surface area contributed by atoms with Crippen LogP contribution in [-0.4, -0.2) is 67.4 Å². The molecule has 0 bridgehead atoms. The zero-order chi connectivity index (χ0) is 17.5. The molecule has 6 heteroatoms. The van der Waals surface area contributed by atoms with Crippen LogP contribution in [0.4, 0.5) is 0 Å². The molecule has 0 aliphatic carbocycles. The summed E-state index contributed by atoms with van der Waals surface area (Å²) in [5.41, 5.74) is 7.47. The van der Waals surface area contributed by atoms with E-state index >= 15 is 0 Å². The summed E-state index contributed by atoms with van der Waals surface area (Å²) in [6, 6.07) is 10.2. The average molecular weight is 332 g/mol. The van der Waals surface area contributed by atoms with Gasteiger partial charge in [-0.2, -0.15) is 0 Å². The highest BCUT2D eigenvalue weighted by molar-refractivity contribution is 5.85. The molecule has 24 heavy (non-hydrogen) atoms. The van der Waals surface area contributed by atoms with E-state index in [4.69, 9.17) is 5.73 Å². The normalized spacial score (nSPS) is 20.8. The molecule has 1 aromatic rings. The summed E-state index contributed by atoms with van der Waals surface area (Å²) in [6.45, 7) is 4.50. The maximum absolute atomic E-state index is 12.3. The molecule has 2 atom stereocenters. The second-order valence-corrected chi connectivity index (χ2v) is 6.47. The van der Waals surface area contributed by atoms with Crippen LogP contribution in [0, 0.1) is 0 Å². The summed E-state index contributed by atoms with van der Waals surface area (Å²) in [5.74, 6) is 0.0766. The van der Waals surface area contributed by atoms with E-state index in [0.29, 0.717) is 19.6 Å². The molecule has 0 radical (unpaired) electrons. The van der Waals surface area contributed by atoms with E-state index in [9.17, 15) is 9.59 Å². The molecule has 1 fully saturated rings. The standard InChI is InChI=1S/C18H28N4O2/c1-3-9-20-17(23)12-21(2)18(24)13-22-10-15(16(19)11-22)14-7-5-4-6-8-14/h4-8,15-16H,3,9-13,19H2,1-2H3,(H,20,23)/t15-,16+/m0/s1. The lowest BCUT2D eigenvalue weighted by atomic mass is 9.95. The van der Waals surface area contributed by atoms with Crippen molar-refractivity contribution in [3.63, 3.8) is 0 Å². The smallest absolute Gasteiger partial charge is 0.239 e. The van der Waals surface area contributed by atoms with Gasteiger partial charge in [0.2, 0.25) is 11.8 Å². The number of carbonyl (C=O) groups excluding carboxylic acids is 2. The zero-order valence-corrected chi connectivity index (χ0v) is 14.6. The lowest BCUT2D eigenvalue weighted by Gasteiger charge is -2.21. The molecule has 2 amide bonds. The van der Waals surface area contributed by atoms with Crippen molar-refractivity contribution in [2.75, 3.05) is 39.8 Å². The molecule has 0 aromatic heterocycles. The molecular formula is C18H28N4O2. The molecule has 1 aliphatic rings. The molecule has 1 heterocycles. The summed E-state index contributed by atoms with van der Waals surface area (Å²) in [7, 11) is 1.67. The molecule has 1 aromatic carbocycles. The minimum atomic E-state index is -0.118. The average Bonchev–Trinajstić information content (AvgIpc) is 2.94. The third-order valence-corrected chi connectivity index (χ3v) is 4.41. The van der Waals surface area contributed by atoms with Crippen molar-refractivity contribution in [3.05, 3.63) is 35.9 Å². The van der Waals surface area contributed by atoms with Crippen molar-refractivity contribution in [2.45, 2.75) is 25.3 Å². The Morgan fingerprint density at radius 2 is 2.00 bits per heavy atom. The zero-order valence-electron chi connectivity index (χ0n) is 14.6. The Labute approximate surface area is 144 Å². The highest BCUT2D eigenvalue weighted by atomic mass is 16.2. The monoisotopic (exact) mass is 332 g/mol. The topological polar surface area (TPSA) is 78.7 Å². The quantitative estimate of drug-likeness (QED) is 0.757. The number of likely N-dealkylation sites (N-methyl/N-ethyl adjacent to an activating group) is 1. The molecular weight excluding hydrogens is 304 g/mol. The second kappa shape index (κ2) is 8.80. The Hall–Kier alpha value is -1.92. The highest BCUT2D eigenvalue weighted by Crippen LogP contribution is 2.26. The predicted molar refractivity (Wildman–Crippen MR) is 94.5 cm³/mol. The van der Waals surface area contributed by atoms with E-state index in [-0.39, 0.29) is 30.3 Å². The highest BCUT2D eigenvalue weighted by Gasteiger charge is 2.32. The van der Waals surface area contributed by atoms with Crippen LogP contribution in [0.25, 0.3) is 0 Å². The van der Waals surface area contributed by atoms with Gasteiger partial charge in [-0.1, -0.05) is 37.3 Å². The van der Waals surface area contributed by atoms with Crippen LogP contribution in [0.15, 0.2) is 30.3 Å². The fraction of sp³-hybridized carbons (Fsp3) is 0.556. The Balaban J connectivity index is 1.83. The van der Waals surface area contributed by atoms with E-state index in [0.717, 1.165) is 13.0 Å². The van der Waals surface area contributed by atoms with Gasteiger partial charge in [0.1, 0.15) is 0 Å². The number of nitrogens with one attached hydrogen (secondary N) is 1. The van der Waals surface area contributed by atoms with Gasteiger partial charge in [-0.25, -0.2) is 0 Å². The van der Waals surface area contributed by atoms with Gasteiger partial charge in [-0.05, 0) is 12.0 Å². The van der Waals surface area contributed by atoms with E-state index in [1.165, 1.54) is 10.5 Å². The summed E-state index contributed by atoms with van der Waals surface area (Å²) in [6.07, 6.45) is 0.885. The third kappa shape index (κ3) is 5.04. The van der Waals surface area contributed by atoms with Gasteiger partial charge in [0.15, 0.2) is 0 Å². The number of nitrogens with two attached hydrogens (primary N) is 1. The molecule has 0 spiro atoms. The fourth-order valence-electron chi connectivity index (χ4n) is 3.03. The second-order valence-electron chi connectivity index (χ2n) is 6.47. The minimum Gasteiger partial charge on any atom is -0.355 e. The summed E-state index contributed by atoms with van der Waals surface area (Å²) >= 11 is 0. The minimum absolute atomic E-state index is 0.0263. The first-order valence-electron chi connectivity index (χ1n) is 8.54. The van der Waals surface area contributed by atoms with Crippen LogP contribution in [0.2, 0.25) is 0 Å². The maximum atomic E-state index is 12.3. The number of amides is 2. The third-order valence-electron chi connectivity index (χ3n) is 4.41. The molecule has 0 unspecified atom stereocenters. The lowest BCUT2D eigenvalue weighted by molar-refractivity contribution is -0.135. The summed E-state index contributed by atoms with van der Waals surface area (Å²) in [4.78, 5) is 27.6. The van der Waals surface area contributed by atoms with Crippen molar-refractivity contribution in [1.29, 1.82) is 0 Å². The number of hydrogen-bond donors (Lipinski definition) is 2. The molecule has 1 saturated heterocycles. The van der Waals surface area contributed by atoms with Crippen molar-refractivity contribution < 1.29 is 9.59 Å². The molecule has 2 rings (SSSR count). The predicted octanol–water partition coefficient (Wildman–Crippen LogP) is 0.398.